The Morgan fingerprint density at radius 1 is 0.893 bits per heavy atom. The number of hydrogen-bond acceptors (Lipinski definition) is 3. The van der Waals surface area contributed by atoms with Crippen LogP contribution in [-0.4, -0.2) is 18.7 Å². The van der Waals surface area contributed by atoms with E-state index in [9.17, 15) is 4.79 Å². The average molecular weight is 368 g/mol. The maximum absolute atomic E-state index is 13.1. The van der Waals surface area contributed by atoms with Crippen LogP contribution in [0.2, 0.25) is 0 Å². The molecule has 1 aliphatic carbocycles. The molecule has 5 rings (SSSR count). The molecule has 1 heterocycles. The molecule has 0 amide bonds. The topological polar surface area (TPSA) is 35.5 Å². The zero-order valence-electron chi connectivity index (χ0n) is 15.6. The van der Waals surface area contributed by atoms with Crippen molar-refractivity contribution >= 4 is 17.3 Å². The highest BCUT2D eigenvalue weighted by atomic mass is 16.6. The van der Waals surface area contributed by atoms with E-state index in [0.29, 0.717) is 6.42 Å². The number of carbonyl (C=O) groups is 1. The summed E-state index contributed by atoms with van der Waals surface area (Å²) >= 11 is 0. The van der Waals surface area contributed by atoms with E-state index in [1.54, 1.807) is 0 Å². The molecule has 2 atom stereocenters. The van der Waals surface area contributed by atoms with Gasteiger partial charge in [0.25, 0.3) is 0 Å². The molecule has 3 aromatic rings. The smallest absolute Gasteiger partial charge is 0.351 e. The van der Waals surface area contributed by atoms with Crippen molar-refractivity contribution in [1.29, 1.82) is 0 Å². The van der Waals surface area contributed by atoms with E-state index in [2.05, 4.69) is 24.3 Å². The highest BCUT2D eigenvalue weighted by Gasteiger charge is 2.61. The molecular weight excluding hydrogens is 348 g/mol. The van der Waals surface area contributed by atoms with E-state index >= 15 is 0 Å². The predicted molar refractivity (Wildman–Crippen MR) is 108 cm³/mol. The third kappa shape index (κ3) is 2.32. The first-order chi connectivity index (χ1) is 13.7. The lowest BCUT2D eigenvalue weighted by Gasteiger charge is -2.27. The van der Waals surface area contributed by atoms with E-state index < -0.39 is 5.60 Å². The van der Waals surface area contributed by atoms with Gasteiger partial charge in [-0.05, 0) is 16.7 Å². The van der Waals surface area contributed by atoms with Gasteiger partial charge in [0.15, 0.2) is 0 Å². The summed E-state index contributed by atoms with van der Waals surface area (Å²) in [6.07, 6.45) is 0.507. The van der Waals surface area contributed by atoms with Gasteiger partial charge in [-0.3, -0.25) is 0 Å². The largest absolute Gasteiger partial charge is 0.473 e. The van der Waals surface area contributed by atoms with Crippen molar-refractivity contribution in [1.82, 2.24) is 0 Å². The standard InChI is InChI=1S/C25H20O3/c1-27-24(26)25-16-19-14-8-9-15-20(19)22(25)21(17-10-4-2-5-11-17)23(28-25)18-12-6-3-7-13-18/h2-15,22H,16H2,1H3/t22-,25-/m1/s1. The molecule has 0 saturated heterocycles. The minimum Gasteiger partial charge on any atom is -0.473 e. The monoisotopic (exact) mass is 368 g/mol. The van der Waals surface area contributed by atoms with Gasteiger partial charge in [0, 0.05) is 17.6 Å². The Morgan fingerprint density at radius 3 is 2.18 bits per heavy atom. The highest BCUT2D eigenvalue weighted by molar-refractivity contribution is 6.01. The van der Waals surface area contributed by atoms with E-state index in [1.807, 2.05) is 60.7 Å². The molecular formula is C25H20O3. The van der Waals surface area contributed by atoms with Crippen LogP contribution in [0.5, 0.6) is 0 Å². The summed E-state index contributed by atoms with van der Waals surface area (Å²) in [5.74, 6) is 0.235. The normalized spacial score (nSPS) is 22.4. The molecule has 0 radical (unpaired) electrons. The summed E-state index contributed by atoms with van der Waals surface area (Å²) < 4.78 is 11.8. The molecule has 0 aromatic heterocycles. The third-order valence-electron chi connectivity index (χ3n) is 5.75. The van der Waals surface area contributed by atoms with Gasteiger partial charge >= 0.3 is 5.97 Å². The van der Waals surface area contributed by atoms with Crippen LogP contribution < -0.4 is 0 Å². The van der Waals surface area contributed by atoms with Gasteiger partial charge in [0.05, 0.1) is 13.0 Å². The predicted octanol–water partition coefficient (Wildman–Crippen LogP) is 4.84. The number of fused-ring (bicyclic) bond motifs is 3. The van der Waals surface area contributed by atoms with Crippen LogP contribution in [0, 0.1) is 0 Å². The zero-order valence-corrected chi connectivity index (χ0v) is 15.6. The Hall–Kier alpha value is -3.33. The lowest BCUT2D eigenvalue weighted by atomic mass is 9.80. The molecule has 3 aromatic carbocycles. The van der Waals surface area contributed by atoms with Crippen LogP contribution in [0.25, 0.3) is 11.3 Å². The van der Waals surface area contributed by atoms with Gasteiger partial charge in [-0.2, -0.15) is 0 Å². The average Bonchev–Trinajstić information content (AvgIpc) is 3.27. The van der Waals surface area contributed by atoms with Gasteiger partial charge < -0.3 is 9.47 Å². The third-order valence-corrected chi connectivity index (χ3v) is 5.75. The second-order valence-electron chi connectivity index (χ2n) is 7.27. The lowest BCUT2D eigenvalue weighted by molar-refractivity contribution is -0.160. The summed E-state index contributed by atoms with van der Waals surface area (Å²) in [6.45, 7) is 0. The molecule has 1 aliphatic heterocycles. The Bertz CT molecular complexity index is 1070. The van der Waals surface area contributed by atoms with Gasteiger partial charge in [-0.25, -0.2) is 4.79 Å². The Balaban J connectivity index is 1.80. The van der Waals surface area contributed by atoms with Crippen LogP contribution in [0.3, 0.4) is 0 Å². The number of methoxy groups -OCH3 is 1. The maximum Gasteiger partial charge on any atom is 0.351 e. The molecule has 3 heteroatoms. The van der Waals surface area contributed by atoms with Crippen LogP contribution in [0.4, 0.5) is 0 Å². The fourth-order valence-corrected chi connectivity index (χ4v) is 4.59. The second kappa shape index (κ2) is 6.38. The molecule has 0 unspecified atom stereocenters. The molecule has 0 saturated carbocycles. The summed E-state index contributed by atoms with van der Waals surface area (Å²) in [5.41, 5.74) is 4.29. The van der Waals surface area contributed by atoms with Gasteiger partial charge in [0.2, 0.25) is 5.60 Å². The zero-order chi connectivity index (χ0) is 19.1. The summed E-state index contributed by atoms with van der Waals surface area (Å²) in [6, 6.07) is 28.4. The van der Waals surface area contributed by atoms with Crippen molar-refractivity contribution in [2.45, 2.75) is 17.9 Å². The number of benzene rings is 3. The van der Waals surface area contributed by atoms with Crippen molar-refractivity contribution in [3.8, 4) is 0 Å². The van der Waals surface area contributed by atoms with E-state index in [-0.39, 0.29) is 11.9 Å². The lowest BCUT2D eigenvalue weighted by Crippen LogP contribution is -2.43. The summed E-state index contributed by atoms with van der Waals surface area (Å²) in [4.78, 5) is 13.1. The minimum atomic E-state index is -1.06. The van der Waals surface area contributed by atoms with Crippen molar-refractivity contribution in [2.75, 3.05) is 7.11 Å². The van der Waals surface area contributed by atoms with E-state index in [1.165, 1.54) is 7.11 Å². The molecule has 138 valence electrons. The number of hydrogen-bond donors (Lipinski definition) is 0. The molecule has 0 spiro atoms. The van der Waals surface area contributed by atoms with Crippen LogP contribution in [-0.2, 0) is 20.7 Å². The second-order valence-corrected chi connectivity index (χ2v) is 7.27. The SMILES string of the molecule is COC(=O)[C@@]12Cc3ccccc3[C@@H]1C(c1ccccc1)=C(c1ccccc1)O2. The van der Waals surface area contributed by atoms with E-state index in [0.717, 1.165) is 33.6 Å². The maximum atomic E-state index is 13.1. The first kappa shape index (κ1) is 16.8. The highest BCUT2D eigenvalue weighted by Crippen LogP contribution is 2.59. The fourth-order valence-electron chi connectivity index (χ4n) is 4.59. The molecule has 0 fully saturated rings. The number of rotatable bonds is 3. The number of esters is 1. The Morgan fingerprint density at radius 2 is 1.50 bits per heavy atom. The fraction of sp³-hybridized carbons (Fsp3) is 0.160. The van der Waals surface area contributed by atoms with Gasteiger partial charge in [-0.15, -0.1) is 0 Å². The van der Waals surface area contributed by atoms with Crippen LogP contribution in [0.1, 0.15) is 28.2 Å². The van der Waals surface area contributed by atoms with E-state index in [4.69, 9.17) is 9.47 Å². The molecule has 0 bridgehead atoms. The number of carbonyl (C=O) groups excluding carboxylic acids is 1. The van der Waals surface area contributed by atoms with Crippen molar-refractivity contribution in [3.63, 3.8) is 0 Å². The molecule has 0 N–H and O–H groups in total. The van der Waals surface area contributed by atoms with Crippen molar-refractivity contribution in [3.05, 3.63) is 107 Å². The summed E-state index contributed by atoms with van der Waals surface area (Å²) in [7, 11) is 1.43. The van der Waals surface area contributed by atoms with Crippen molar-refractivity contribution < 1.29 is 14.3 Å². The van der Waals surface area contributed by atoms with Gasteiger partial charge in [-0.1, -0.05) is 84.9 Å². The summed E-state index contributed by atoms with van der Waals surface area (Å²) in [5, 5.41) is 0. The minimum absolute atomic E-state index is 0.200. The van der Waals surface area contributed by atoms with Gasteiger partial charge in [0.1, 0.15) is 5.76 Å². The van der Waals surface area contributed by atoms with Crippen molar-refractivity contribution in [2.24, 2.45) is 0 Å². The van der Waals surface area contributed by atoms with Crippen LogP contribution >= 0.6 is 0 Å². The number of ether oxygens (including phenoxy) is 2. The molecule has 2 aliphatic rings. The molecule has 3 nitrogen and oxygen atoms in total. The van der Waals surface area contributed by atoms with Crippen LogP contribution in [0.15, 0.2) is 84.9 Å². The first-order valence-corrected chi connectivity index (χ1v) is 9.45. The first-order valence-electron chi connectivity index (χ1n) is 9.45. The quantitative estimate of drug-likeness (QED) is 0.621. The molecule has 28 heavy (non-hydrogen) atoms. The Labute approximate surface area is 164 Å². The Kier molecular flexibility index (Phi) is 3.83.